The highest BCUT2D eigenvalue weighted by Gasteiger charge is 2.18. The molecule has 2 aromatic rings. The third-order valence-corrected chi connectivity index (χ3v) is 3.39. The molecule has 0 aliphatic rings. The molecule has 0 bridgehead atoms. The Balaban J connectivity index is 2.31. The van der Waals surface area contributed by atoms with Crippen molar-refractivity contribution in [1.82, 2.24) is 14.8 Å². The molecule has 0 fully saturated rings. The zero-order chi connectivity index (χ0) is 14.0. The SMILES string of the molecule is COc1cnccc1C(=O)Cc1c(Cl)c(C)nn1C. The van der Waals surface area contributed by atoms with Crippen LogP contribution in [0, 0.1) is 6.92 Å². The van der Waals surface area contributed by atoms with Crippen molar-refractivity contribution in [2.45, 2.75) is 13.3 Å². The van der Waals surface area contributed by atoms with Gasteiger partial charge in [0.15, 0.2) is 5.78 Å². The fourth-order valence-corrected chi connectivity index (χ4v) is 2.12. The lowest BCUT2D eigenvalue weighted by molar-refractivity contribution is 0.0987. The summed E-state index contributed by atoms with van der Waals surface area (Å²) >= 11 is 6.14. The number of hydrogen-bond donors (Lipinski definition) is 0. The van der Waals surface area contributed by atoms with Gasteiger partial charge in [0.1, 0.15) is 5.75 Å². The highest BCUT2D eigenvalue weighted by atomic mass is 35.5. The highest BCUT2D eigenvalue weighted by Crippen LogP contribution is 2.23. The minimum atomic E-state index is -0.0795. The molecule has 0 saturated carbocycles. The normalized spacial score (nSPS) is 10.5. The fourth-order valence-electron chi connectivity index (χ4n) is 1.89. The number of hydrogen-bond acceptors (Lipinski definition) is 4. The Morgan fingerprint density at radius 2 is 2.26 bits per heavy atom. The monoisotopic (exact) mass is 279 g/mol. The zero-order valence-corrected chi connectivity index (χ0v) is 11.7. The van der Waals surface area contributed by atoms with Gasteiger partial charge in [0.25, 0.3) is 0 Å². The van der Waals surface area contributed by atoms with Gasteiger partial charge in [-0.2, -0.15) is 5.10 Å². The number of aromatic nitrogens is 3. The van der Waals surface area contributed by atoms with E-state index in [0.717, 1.165) is 0 Å². The molecule has 0 amide bonds. The summed E-state index contributed by atoms with van der Waals surface area (Å²) in [6.45, 7) is 1.81. The average Bonchev–Trinajstić information content (AvgIpc) is 2.65. The van der Waals surface area contributed by atoms with Crippen molar-refractivity contribution in [1.29, 1.82) is 0 Å². The van der Waals surface area contributed by atoms with Gasteiger partial charge in [-0.3, -0.25) is 14.5 Å². The predicted octanol–water partition coefficient (Wildman–Crippen LogP) is 2.21. The topological polar surface area (TPSA) is 57.0 Å². The number of ketones is 1. The smallest absolute Gasteiger partial charge is 0.172 e. The van der Waals surface area contributed by atoms with Crippen molar-refractivity contribution >= 4 is 17.4 Å². The summed E-state index contributed by atoms with van der Waals surface area (Å²) in [6.07, 6.45) is 3.26. The summed E-state index contributed by atoms with van der Waals surface area (Å²) in [6, 6.07) is 1.64. The molecule has 6 heteroatoms. The molecular formula is C13H14ClN3O2. The number of carbonyl (C=O) groups is 1. The van der Waals surface area contributed by atoms with Gasteiger partial charge in [0, 0.05) is 13.2 Å². The van der Waals surface area contributed by atoms with E-state index < -0.39 is 0 Å². The van der Waals surface area contributed by atoms with Crippen molar-refractivity contribution in [3.8, 4) is 5.75 Å². The van der Waals surface area contributed by atoms with Crippen molar-refractivity contribution in [2.75, 3.05) is 7.11 Å². The van der Waals surface area contributed by atoms with Crippen LogP contribution in [-0.4, -0.2) is 27.7 Å². The van der Waals surface area contributed by atoms with Crippen molar-refractivity contribution < 1.29 is 9.53 Å². The van der Waals surface area contributed by atoms with Gasteiger partial charge in [0.05, 0.1) is 41.7 Å². The molecule has 0 aliphatic heterocycles. The van der Waals surface area contributed by atoms with Crippen LogP contribution in [0.15, 0.2) is 18.5 Å². The van der Waals surface area contributed by atoms with E-state index in [1.54, 1.807) is 24.0 Å². The van der Waals surface area contributed by atoms with Crippen LogP contribution in [0.1, 0.15) is 21.7 Å². The summed E-state index contributed by atoms with van der Waals surface area (Å²) in [7, 11) is 3.28. The standard InChI is InChI=1S/C13H14ClN3O2/c1-8-13(14)10(17(2)16-8)6-11(18)9-4-5-15-7-12(9)19-3/h4-5,7H,6H2,1-3H3. The number of aryl methyl sites for hydroxylation is 2. The zero-order valence-electron chi connectivity index (χ0n) is 11.0. The van der Waals surface area contributed by atoms with Gasteiger partial charge in [-0.1, -0.05) is 11.6 Å². The molecule has 19 heavy (non-hydrogen) atoms. The molecule has 2 aromatic heterocycles. The molecule has 0 spiro atoms. The van der Waals surface area contributed by atoms with E-state index in [0.29, 0.717) is 27.7 Å². The first kappa shape index (κ1) is 13.5. The Kier molecular flexibility index (Phi) is 3.85. The van der Waals surface area contributed by atoms with E-state index in [1.165, 1.54) is 13.3 Å². The van der Waals surface area contributed by atoms with Gasteiger partial charge < -0.3 is 4.74 Å². The van der Waals surface area contributed by atoms with Crippen LogP contribution in [0.4, 0.5) is 0 Å². The third kappa shape index (κ3) is 2.61. The number of Topliss-reactive ketones (excluding diaryl/α,β-unsaturated/α-hetero) is 1. The molecule has 0 atom stereocenters. The lowest BCUT2D eigenvalue weighted by Crippen LogP contribution is -2.09. The molecule has 0 aliphatic carbocycles. The molecule has 0 saturated heterocycles. The first-order valence-corrected chi connectivity index (χ1v) is 6.11. The number of rotatable bonds is 4. The molecule has 5 nitrogen and oxygen atoms in total. The summed E-state index contributed by atoms with van der Waals surface area (Å²) in [5.74, 6) is 0.381. The van der Waals surface area contributed by atoms with E-state index in [2.05, 4.69) is 10.1 Å². The second-order valence-electron chi connectivity index (χ2n) is 4.15. The van der Waals surface area contributed by atoms with Gasteiger partial charge in [0.2, 0.25) is 0 Å². The van der Waals surface area contributed by atoms with E-state index in [9.17, 15) is 4.79 Å². The largest absolute Gasteiger partial charge is 0.494 e. The molecule has 0 N–H and O–H groups in total. The maximum absolute atomic E-state index is 12.3. The summed E-state index contributed by atoms with van der Waals surface area (Å²) in [5.41, 5.74) is 1.91. The number of nitrogens with zero attached hydrogens (tertiary/aromatic N) is 3. The van der Waals surface area contributed by atoms with Crippen molar-refractivity contribution in [3.63, 3.8) is 0 Å². The Morgan fingerprint density at radius 3 is 2.84 bits per heavy atom. The molecule has 100 valence electrons. The van der Waals surface area contributed by atoms with E-state index in [-0.39, 0.29) is 12.2 Å². The predicted molar refractivity (Wildman–Crippen MR) is 71.8 cm³/mol. The van der Waals surface area contributed by atoms with E-state index in [1.807, 2.05) is 6.92 Å². The Hall–Kier alpha value is -1.88. The fraction of sp³-hybridized carbons (Fsp3) is 0.308. The summed E-state index contributed by atoms with van der Waals surface area (Å²) in [5, 5.41) is 4.72. The Labute approximate surface area is 116 Å². The van der Waals surface area contributed by atoms with Gasteiger partial charge in [-0.05, 0) is 13.0 Å². The second kappa shape index (κ2) is 5.40. The van der Waals surface area contributed by atoms with Crippen LogP contribution in [0.25, 0.3) is 0 Å². The number of pyridine rings is 1. The minimum Gasteiger partial charge on any atom is -0.494 e. The maximum atomic E-state index is 12.3. The third-order valence-electron chi connectivity index (χ3n) is 2.89. The number of ether oxygens (including phenoxy) is 1. The van der Waals surface area contributed by atoms with Crippen LogP contribution < -0.4 is 4.74 Å². The first-order chi connectivity index (χ1) is 9.04. The Morgan fingerprint density at radius 1 is 1.53 bits per heavy atom. The van der Waals surface area contributed by atoms with Crippen molar-refractivity contribution in [2.24, 2.45) is 7.05 Å². The summed E-state index contributed by atoms with van der Waals surface area (Å²) < 4.78 is 6.76. The van der Waals surface area contributed by atoms with Gasteiger partial charge in [-0.15, -0.1) is 0 Å². The molecule has 2 heterocycles. The van der Waals surface area contributed by atoms with Crippen LogP contribution in [-0.2, 0) is 13.5 Å². The molecule has 2 rings (SSSR count). The van der Waals surface area contributed by atoms with Crippen LogP contribution >= 0.6 is 11.6 Å². The van der Waals surface area contributed by atoms with Crippen molar-refractivity contribution in [3.05, 3.63) is 40.4 Å². The van der Waals surface area contributed by atoms with Crippen LogP contribution in [0.2, 0.25) is 5.02 Å². The Bertz CT molecular complexity index is 622. The lowest BCUT2D eigenvalue weighted by Gasteiger charge is -2.07. The first-order valence-electron chi connectivity index (χ1n) is 5.73. The van der Waals surface area contributed by atoms with Gasteiger partial charge >= 0.3 is 0 Å². The molecular weight excluding hydrogens is 266 g/mol. The quantitative estimate of drug-likeness (QED) is 0.805. The van der Waals surface area contributed by atoms with E-state index >= 15 is 0 Å². The molecule has 0 unspecified atom stereocenters. The summed E-state index contributed by atoms with van der Waals surface area (Å²) in [4.78, 5) is 16.2. The maximum Gasteiger partial charge on any atom is 0.172 e. The molecule has 0 aromatic carbocycles. The number of methoxy groups -OCH3 is 1. The minimum absolute atomic E-state index is 0.0795. The highest BCUT2D eigenvalue weighted by molar-refractivity contribution is 6.32. The van der Waals surface area contributed by atoms with E-state index in [4.69, 9.17) is 16.3 Å². The number of carbonyl (C=O) groups excluding carboxylic acids is 1. The molecule has 0 radical (unpaired) electrons. The lowest BCUT2D eigenvalue weighted by atomic mass is 10.1. The van der Waals surface area contributed by atoms with Crippen LogP contribution in [0.5, 0.6) is 5.75 Å². The van der Waals surface area contributed by atoms with Crippen LogP contribution in [0.3, 0.4) is 0 Å². The second-order valence-corrected chi connectivity index (χ2v) is 4.52. The van der Waals surface area contributed by atoms with Gasteiger partial charge in [-0.25, -0.2) is 0 Å². The number of halogens is 1. The average molecular weight is 280 g/mol.